The molecule has 2 aromatic rings. The van der Waals surface area contributed by atoms with E-state index in [1.165, 1.54) is 38.9 Å². The average molecular weight is 328 g/mol. The van der Waals surface area contributed by atoms with Crippen molar-refractivity contribution < 1.29 is 9.90 Å². The fourth-order valence-electron chi connectivity index (χ4n) is 4.19. The molecular formula is C18H24N4O2. The van der Waals surface area contributed by atoms with Crippen LogP contribution in [0.1, 0.15) is 29.6 Å². The summed E-state index contributed by atoms with van der Waals surface area (Å²) in [6, 6.07) is 5.32. The zero-order valence-electron chi connectivity index (χ0n) is 13.9. The molecular weight excluding hydrogens is 304 g/mol. The van der Waals surface area contributed by atoms with Crippen molar-refractivity contribution in [1.29, 1.82) is 0 Å². The molecule has 6 nitrogen and oxygen atoms in total. The van der Waals surface area contributed by atoms with E-state index < -0.39 is 5.97 Å². The van der Waals surface area contributed by atoms with Crippen molar-refractivity contribution in [2.24, 2.45) is 5.41 Å². The number of aromatic nitrogens is 2. The second-order valence-electron chi connectivity index (χ2n) is 7.18. The van der Waals surface area contributed by atoms with Crippen LogP contribution in [0.5, 0.6) is 0 Å². The van der Waals surface area contributed by atoms with Crippen molar-refractivity contribution in [3.05, 3.63) is 30.0 Å². The second kappa shape index (κ2) is 6.18. The van der Waals surface area contributed by atoms with E-state index >= 15 is 0 Å². The Morgan fingerprint density at radius 1 is 1.25 bits per heavy atom. The van der Waals surface area contributed by atoms with E-state index in [9.17, 15) is 9.90 Å². The Labute approximate surface area is 141 Å². The lowest BCUT2D eigenvalue weighted by Crippen LogP contribution is -2.52. The van der Waals surface area contributed by atoms with Crippen molar-refractivity contribution in [3.8, 4) is 0 Å². The fourth-order valence-corrected chi connectivity index (χ4v) is 4.19. The highest BCUT2D eigenvalue weighted by Crippen LogP contribution is 2.39. The Bertz CT molecular complexity index is 733. The number of carbonyl (C=O) groups is 1. The van der Waals surface area contributed by atoms with Gasteiger partial charge in [0.1, 0.15) is 0 Å². The van der Waals surface area contributed by atoms with E-state index in [2.05, 4.69) is 15.3 Å². The Kier molecular flexibility index (Phi) is 4.02. The van der Waals surface area contributed by atoms with Crippen LogP contribution in [0.4, 0.5) is 0 Å². The molecule has 2 bridgehead atoms. The highest BCUT2D eigenvalue weighted by molar-refractivity contribution is 6.01. The molecule has 4 heterocycles. The maximum Gasteiger partial charge on any atom is 0.337 e. The minimum absolute atomic E-state index is 0.322. The number of aromatic carboxylic acids is 1. The van der Waals surface area contributed by atoms with Crippen LogP contribution in [0.15, 0.2) is 24.4 Å². The first-order chi connectivity index (χ1) is 11.7. The van der Waals surface area contributed by atoms with E-state index in [0.717, 1.165) is 24.0 Å². The molecule has 1 aromatic carbocycles. The number of hydrogen-bond acceptors (Lipinski definition) is 4. The normalized spacial score (nSPS) is 26.1. The van der Waals surface area contributed by atoms with Gasteiger partial charge in [-0.3, -0.25) is 4.68 Å². The maximum absolute atomic E-state index is 11.4. The van der Waals surface area contributed by atoms with Crippen LogP contribution in [0.2, 0.25) is 0 Å². The van der Waals surface area contributed by atoms with Crippen molar-refractivity contribution >= 4 is 16.9 Å². The van der Waals surface area contributed by atoms with Crippen LogP contribution < -0.4 is 5.32 Å². The Morgan fingerprint density at radius 2 is 2.00 bits per heavy atom. The molecule has 0 radical (unpaired) electrons. The standard InChI is InChI=1S/C18H24N4O2/c23-17(24)15-3-1-2-14-12-20-22(16(14)15)11-7-19-13-18-4-8-21(9-5-18)10-6-18/h1-3,12,19H,4-11,13H2,(H,23,24). The lowest BCUT2D eigenvalue weighted by molar-refractivity contribution is 0.0266. The number of nitrogens with one attached hydrogen (secondary N) is 1. The van der Waals surface area contributed by atoms with Crippen LogP contribution in [-0.4, -0.2) is 58.5 Å². The first-order valence-corrected chi connectivity index (χ1v) is 8.78. The van der Waals surface area contributed by atoms with Crippen LogP contribution >= 0.6 is 0 Å². The SMILES string of the molecule is O=C(O)c1cccc2cnn(CCNCC34CCN(CC3)CC4)c12. The Hall–Kier alpha value is -1.92. The van der Waals surface area contributed by atoms with Crippen LogP contribution in [0.3, 0.4) is 0 Å². The summed E-state index contributed by atoms with van der Waals surface area (Å²) in [5.41, 5.74) is 1.52. The molecule has 2 N–H and O–H groups in total. The first-order valence-electron chi connectivity index (χ1n) is 8.78. The van der Waals surface area contributed by atoms with Crippen molar-refractivity contribution in [3.63, 3.8) is 0 Å². The molecule has 0 aliphatic carbocycles. The van der Waals surface area contributed by atoms with E-state index in [1.54, 1.807) is 18.3 Å². The highest BCUT2D eigenvalue weighted by Gasteiger charge is 2.38. The molecule has 5 rings (SSSR count). The summed E-state index contributed by atoms with van der Waals surface area (Å²) in [6.45, 7) is 6.30. The molecule has 0 atom stereocenters. The van der Waals surface area contributed by atoms with Crippen molar-refractivity contribution in [2.45, 2.75) is 25.8 Å². The smallest absolute Gasteiger partial charge is 0.337 e. The predicted octanol–water partition coefficient (Wildman–Crippen LogP) is 1.81. The number of fused-ring (bicyclic) bond motifs is 4. The van der Waals surface area contributed by atoms with Gasteiger partial charge in [0.15, 0.2) is 0 Å². The maximum atomic E-state index is 11.4. The molecule has 3 aliphatic rings. The molecule has 6 heteroatoms. The van der Waals surface area contributed by atoms with Gasteiger partial charge >= 0.3 is 5.97 Å². The van der Waals surface area contributed by atoms with E-state index in [4.69, 9.17) is 0 Å². The quantitative estimate of drug-likeness (QED) is 0.792. The molecule has 0 amide bonds. The lowest BCUT2D eigenvalue weighted by atomic mass is 9.72. The molecule has 0 unspecified atom stereocenters. The minimum Gasteiger partial charge on any atom is -0.478 e. The Balaban J connectivity index is 1.39. The highest BCUT2D eigenvalue weighted by atomic mass is 16.4. The van der Waals surface area contributed by atoms with Gasteiger partial charge in [0.05, 0.1) is 23.8 Å². The lowest BCUT2D eigenvalue weighted by Gasteiger charge is -2.48. The number of carboxylic acids is 1. The number of carboxylic acid groups (broad SMARTS) is 1. The molecule has 128 valence electrons. The number of nitrogens with zero attached hydrogens (tertiary/aromatic N) is 3. The van der Waals surface area contributed by atoms with Gasteiger partial charge in [-0.2, -0.15) is 5.10 Å². The van der Waals surface area contributed by atoms with Crippen LogP contribution in [0.25, 0.3) is 10.9 Å². The van der Waals surface area contributed by atoms with Crippen molar-refractivity contribution in [1.82, 2.24) is 20.0 Å². The third kappa shape index (κ3) is 2.80. The topological polar surface area (TPSA) is 70.4 Å². The number of para-hydroxylation sites is 1. The average Bonchev–Trinajstić information content (AvgIpc) is 3.03. The monoisotopic (exact) mass is 328 g/mol. The third-order valence-corrected chi connectivity index (χ3v) is 5.77. The predicted molar refractivity (Wildman–Crippen MR) is 92.3 cm³/mol. The molecule has 24 heavy (non-hydrogen) atoms. The molecule has 0 spiro atoms. The molecule has 0 saturated carbocycles. The van der Waals surface area contributed by atoms with Gasteiger partial charge in [-0.25, -0.2) is 4.79 Å². The second-order valence-corrected chi connectivity index (χ2v) is 7.18. The van der Waals surface area contributed by atoms with Gasteiger partial charge in [0.25, 0.3) is 0 Å². The number of rotatable bonds is 6. The van der Waals surface area contributed by atoms with Gasteiger partial charge in [-0.1, -0.05) is 12.1 Å². The largest absolute Gasteiger partial charge is 0.478 e. The van der Waals surface area contributed by atoms with E-state index in [0.29, 0.717) is 17.5 Å². The summed E-state index contributed by atoms with van der Waals surface area (Å²) >= 11 is 0. The number of piperidine rings is 3. The number of hydrogen-bond donors (Lipinski definition) is 2. The van der Waals surface area contributed by atoms with Crippen molar-refractivity contribution in [2.75, 3.05) is 32.7 Å². The van der Waals surface area contributed by atoms with Crippen LogP contribution in [-0.2, 0) is 6.54 Å². The van der Waals surface area contributed by atoms with E-state index in [1.807, 2.05) is 10.7 Å². The summed E-state index contributed by atoms with van der Waals surface area (Å²) in [6.07, 6.45) is 5.65. The molecule has 3 saturated heterocycles. The van der Waals surface area contributed by atoms with Crippen LogP contribution in [0, 0.1) is 5.41 Å². The summed E-state index contributed by atoms with van der Waals surface area (Å²) in [7, 11) is 0. The van der Waals surface area contributed by atoms with Gasteiger partial charge < -0.3 is 15.3 Å². The Morgan fingerprint density at radius 3 is 2.71 bits per heavy atom. The summed E-state index contributed by atoms with van der Waals surface area (Å²) in [4.78, 5) is 14.0. The molecule has 3 fully saturated rings. The summed E-state index contributed by atoms with van der Waals surface area (Å²) in [5, 5.41) is 18.2. The molecule has 1 aromatic heterocycles. The fraction of sp³-hybridized carbons (Fsp3) is 0.556. The van der Waals surface area contributed by atoms with Gasteiger partial charge in [-0.15, -0.1) is 0 Å². The zero-order chi connectivity index (χ0) is 16.6. The van der Waals surface area contributed by atoms with Gasteiger partial charge in [-0.05, 0) is 50.4 Å². The minimum atomic E-state index is -0.900. The molecule has 3 aliphatic heterocycles. The third-order valence-electron chi connectivity index (χ3n) is 5.77. The zero-order valence-corrected chi connectivity index (χ0v) is 13.9. The summed E-state index contributed by atoms with van der Waals surface area (Å²) in [5.74, 6) is -0.900. The first kappa shape index (κ1) is 15.6. The van der Waals surface area contributed by atoms with Gasteiger partial charge in [0.2, 0.25) is 0 Å². The summed E-state index contributed by atoms with van der Waals surface area (Å²) < 4.78 is 1.81. The van der Waals surface area contributed by atoms with E-state index in [-0.39, 0.29) is 0 Å². The van der Waals surface area contributed by atoms with Gasteiger partial charge in [0, 0.05) is 18.5 Å². The number of benzene rings is 1.